The summed E-state index contributed by atoms with van der Waals surface area (Å²) in [5, 5.41) is 10.3. The van der Waals surface area contributed by atoms with Crippen molar-refractivity contribution in [1.29, 1.82) is 0 Å². The first-order valence-electron chi connectivity index (χ1n) is 11.8. The van der Waals surface area contributed by atoms with Gasteiger partial charge in [0.2, 0.25) is 0 Å². The number of fused-ring (bicyclic) bond motifs is 1. The molecule has 0 unspecified atom stereocenters. The van der Waals surface area contributed by atoms with Crippen molar-refractivity contribution in [3.05, 3.63) is 69.4 Å². The fraction of sp³-hybridized carbons (Fsp3) is 0.346. The number of rotatable bonds is 7. The van der Waals surface area contributed by atoms with E-state index in [0.717, 1.165) is 54.4 Å². The summed E-state index contributed by atoms with van der Waals surface area (Å²) >= 11 is 1.78. The minimum absolute atomic E-state index is 0.115. The third kappa shape index (κ3) is 5.07. The molecule has 3 aromatic heterocycles. The molecule has 0 radical (unpaired) electrons. The number of anilines is 1. The molecular formula is C26H30N4O3S2. The zero-order chi connectivity index (χ0) is 24.6. The van der Waals surface area contributed by atoms with Crippen LogP contribution in [0.15, 0.2) is 63.9 Å². The molecule has 1 aliphatic carbocycles. The standard InChI is InChI=1S/C26H30N4O3S2/c1-30-16-23(21-11-12-27-25(21)26(30)31)22-14-20(35(2,32)33)9-10-24(22)29-18-7-5-17(6-8-18)28-15-19-4-3-13-34-19/h3-4,9-14,16-18,27-29H,5-8,15H2,1-2H3. The van der Waals surface area contributed by atoms with Crippen molar-refractivity contribution in [3.8, 4) is 11.1 Å². The Hall–Kier alpha value is -2.88. The van der Waals surface area contributed by atoms with E-state index in [9.17, 15) is 13.2 Å². The average molecular weight is 511 g/mol. The lowest BCUT2D eigenvalue weighted by Gasteiger charge is -2.31. The lowest BCUT2D eigenvalue weighted by molar-refractivity contribution is 0.354. The van der Waals surface area contributed by atoms with Gasteiger partial charge in [0.15, 0.2) is 9.84 Å². The lowest BCUT2D eigenvalue weighted by Crippen LogP contribution is -2.36. The topological polar surface area (TPSA) is 96.0 Å². The SMILES string of the molecule is Cn1cc(-c2cc(S(C)(=O)=O)ccc2NC2CCC(NCc3cccs3)CC2)c2cc[nH]c2c1=O. The number of aryl methyl sites for hydroxylation is 1. The van der Waals surface area contributed by atoms with Crippen LogP contribution in [-0.2, 0) is 23.4 Å². The zero-order valence-corrected chi connectivity index (χ0v) is 21.5. The highest BCUT2D eigenvalue weighted by Gasteiger charge is 2.23. The number of pyridine rings is 1. The van der Waals surface area contributed by atoms with E-state index in [-0.39, 0.29) is 10.5 Å². The van der Waals surface area contributed by atoms with E-state index < -0.39 is 9.84 Å². The predicted molar refractivity (Wildman–Crippen MR) is 143 cm³/mol. The molecule has 0 bridgehead atoms. The Morgan fingerprint density at radius 1 is 1.09 bits per heavy atom. The van der Waals surface area contributed by atoms with E-state index in [4.69, 9.17) is 0 Å². The van der Waals surface area contributed by atoms with Crippen LogP contribution in [0.1, 0.15) is 30.6 Å². The zero-order valence-electron chi connectivity index (χ0n) is 19.9. The highest BCUT2D eigenvalue weighted by atomic mass is 32.2. The lowest BCUT2D eigenvalue weighted by atomic mass is 9.90. The van der Waals surface area contributed by atoms with Gasteiger partial charge in [0.05, 0.1) is 4.90 Å². The Labute approximate surface area is 209 Å². The molecule has 0 amide bonds. The van der Waals surface area contributed by atoms with E-state index in [0.29, 0.717) is 17.6 Å². The molecule has 7 nitrogen and oxygen atoms in total. The number of aromatic nitrogens is 2. The third-order valence-electron chi connectivity index (χ3n) is 6.84. The molecule has 0 spiro atoms. The summed E-state index contributed by atoms with van der Waals surface area (Å²) in [6.07, 6.45) is 8.98. The minimum Gasteiger partial charge on any atom is -0.382 e. The van der Waals surface area contributed by atoms with E-state index >= 15 is 0 Å². The molecule has 0 saturated heterocycles. The molecule has 3 heterocycles. The molecule has 1 saturated carbocycles. The van der Waals surface area contributed by atoms with Gasteiger partial charge in [-0.2, -0.15) is 0 Å². The average Bonchev–Trinajstić information content (AvgIpc) is 3.53. The molecule has 4 aromatic rings. The summed E-state index contributed by atoms with van der Waals surface area (Å²) in [5.74, 6) is 0. The van der Waals surface area contributed by atoms with Crippen molar-refractivity contribution in [3.63, 3.8) is 0 Å². The van der Waals surface area contributed by atoms with Crippen LogP contribution in [0, 0.1) is 0 Å². The Morgan fingerprint density at radius 2 is 1.86 bits per heavy atom. The second-order valence-corrected chi connectivity index (χ2v) is 12.4. The smallest absolute Gasteiger partial charge is 0.274 e. The van der Waals surface area contributed by atoms with Gasteiger partial charge < -0.3 is 20.2 Å². The number of nitrogens with one attached hydrogen (secondary N) is 3. The first kappa shape index (κ1) is 23.8. The number of H-pyrrole nitrogens is 1. The molecule has 184 valence electrons. The summed E-state index contributed by atoms with van der Waals surface area (Å²) in [5.41, 5.74) is 2.89. The van der Waals surface area contributed by atoms with Crippen LogP contribution in [0.2, 0.25) is 0 Å². The maximum Gasteiger partial charge on any atom is 0.274 e. The Bertz CT molecular complexity index is 1500. The highest BCUT2D eigenvalue weighted by molar-refractivity contribution is 7.90. The van der Waals surface area contributed by atoms with Crippen LogP contribution in [0.5, 0.6) is 0 Å². The van der Waals surface area contributed by atoms with Crippen molar-refractivity contribution in [2.75, 3.05) is 11.6 Å². The van der Waals surface area contributed by atoms with Crippen LogP contribution >= 0.6 is 11.3 Å². The quantitative estimate of drug-likeness (QED) is 0.340. The van der Waals surface area contributed by atoms with Crippen LogP contribution < -0.4 is 16.2 Å². The van der Waals surface area contributed by atoms with Crippen molar-refractivity contribution < 1.29 is 8.42 Å². The van der Waals surface area contributed by atoms with Gasteiger partial charge in [0.25, 0.3) is 5.56 Å². The second-order valence-electron chi connectivity index (χ2n) is 9.36. The Balaban J connectivity index is 1.41. The van der Waals surface area contributed by atoms with E-state index in [1.165, 1.54) is 15.7 Å². The van der Waals surface area contributed by atoms with Gasteiger partial charge in [-0.1, -0.05) is 6.07 Å². The maximum atomic E-state index is 12.6. The van der Waals surface area contributed by atoms with Gasteiger partial charge in [-0.15, -0.1) is 11.3 Å². The number of hydrogen-bond acceptors (Lipinski definition) is 6. The van der Waals surface area contributed by atoms with E-state index in [1.54, 1.807) is 42.9 Å². The largest absolute Gasteiger partial charge is 0.382 e. The number of benzene rings is 1. The van der Waals surface area contributed by atoms with E-state index in [2.05, 4.69) is 33.1 Å². The number of sulfone groups is 1. The summed E-state index contributed by atoms with van der Waals surface area (Å²) in [7, 11) is -1.67. The molecule has 0 atom stereocenters. The summed E-state index contributed by atoms with van der Waals surface area (Å²) < 4.78 is 26.2. The molecule has 3 N–H and O–H groups in total. The monoisotopic (exact) mass is 510 g/mol. The van der Waals surface area contributed by atoms with Crippen LogP contribution in [0.3, 0.4) is 0 Å². The van der Waals surface area contributed by atoms with Gasteiger partial charge in [0.1, 0.15) is 5.52 Å². The molecule has 9 heteroatoms. The highest BCUT2D eigenvalue weighted by Crippen LogP contribution is 2.36. The molecular weight excluding hydrogens is 480 g/mol. The van der Waals surface area contributed by atoms with Crippen LogP contribution in [-0.4, -0.2) is 36.3 Å². The van der Waals surface area contributed by atoms with Gasteiger partial charge in [0, 0.05) is 71.4 Å². The third-order valence-corrected chi connectivity index (χ3v) is 8.82. The van der Waals surface area contributed by atoms with Gasteiger partial charge in [-0.05, 0) is 61.4 Å². The molecule has 35 heavy (non-hydrogen) atoms. The minimum atomic E-state index is -3.39. The normalized spacial score (nSPS) is 18.7. The molecule has 1 aromatic carbocycles. The predicted octanol–water partition coefficient (Wildman–Crippen LogP) is 4.51. The van der Waals surface area contributed by atoms with Crippen LogP contribution in [0.25, 0.3) is 22.0 Å². The van der Waals surface area contributed by atoms with Crippen LogP contribution in [0.4, 0.5) is 5.69 Å². The van der Waals surface area contributed by atoms with Gasteiger partial charge in [-0.25, -0.2) is 8.42 Å². The fourth-order valence-corrected chi connectivity index (χ4v) is 6.21. The number of nitrogens with zero attached hydrogens (tertiary/aromatic N) is 1. The molecule has 5 rings (SSSR count). The van der Waals surface area contributed by atoms with Crippen molar-refractivity contribution in [1.82, 2.24) is 14.9 Å². The number of thiophene rings is 1. The fourth-order valence-electron chi connectivity index (χ4n) is 4.91. The van der Waals surface area contributed by atoms with Gasteiger partial charge >= 0.3 is 0 Å². The van der Waals surface area contributed by atoms with Crippen molar-refractivity contribution in [2.45, 2.75) is 49.2 Å². The molecule has 1 aliphatic rings. The number of aromatic amines is 1. The maximum absolute atomic E-state index is 12.6. The first-order chi connectivity index (χ1) is 16.8. The first-order valence-corrected chi connectivity index (χ1v) is 14.6. The number of hydrogen-bond donors (Lipinski definition) is 3. The Morgan fingerprint density at radius 3 is 2.57 bits per heavy atom. The van der Waals surface area contributed by atoms with E-state index in [1.807, 2.05) is 12.1 Å². The molecule has 1 fully saturated rings. The van der Waals surface area contributed by atoms with Crippen molar-refractivity contribution in [2.24, 2.45) is 7.05 Å². The Kier molecular flexibility index (Phi) is 6.57. The summed E-state index contributed by atoms with van der Waals surface area (Å²) in [6.45, 7) is 0.914. The molecule has 0 aliphatic heterocycles. The summed E-state index contributed by atoms with van der Waals surface area (Å²) in [6, 6.07) is 12.2. The van der Waals surface area contributed by atoms with Crippen molar-refractivity contribution >= 4 is 37.8 Å². The summed E-state index contributed by atoms with van der Waals surface area (Å²) in [4.78, 5) is 17.2. The second kappa shape index (κ2) is 9.64. The van der Waals surface area contributed by atoms with Gasteiger partial charge in [-0.3, -0.25) is 4.79 Å².